The van der Waals surface area contributed by atoms with Crippen molar-refractivity contribution >= 4 is 5.91 Å². The summed E-state index contributed by atoms with van der Waals surface area (Å²) in [6.45, 7) is 0. The van der Waals surface area contributed by atoms with Crippen LogP contribution in [0, 0.1) is 0 Å². The molecule has 0 atom stereocenters. The first kappa shape index (κ1) is 13.1. The first-order valence-electron chi connectivity index (χ1n) is 4.87. The van der Waals surface area contributed by atoms with Crippen molar-refractivity contribution in [1.29, 1.82) is 0 Å². The molecular formula is C11H16N2O4. The highest BCUT2D eigenvalue weighted by Gasteiger charge is 2.19. The zero-order valence-corrected chi connectivity index (χ0v) is 10.3. The lowest BCUT2D eigenvalue weighted by Gasteiger charge is -2.16. The van der Waals surface area contributed by atoms with E-state index in [1.165, 1.54) is 34.4 Å². The summed E-state index contributed by atoms with van der Waals surface area (Å²) in [5.74, 6) is 6.35. The standard InChI is InChI=1S/C11H16N2O4/c1-13(12)11(14)7-5-9(16-3)10(17-4)6-8(7)15-2/h5-6H,12H2,1-4H3. The maximum atomic E-state index is 11.8. The van der Waals surface area contributed by atoms with Crippen molar-refractivity contribution in [3.63, 3.8) is 0 Å². The Morgan fingerprint density at radius 3 is 1.94 bits per heavy atom. The van der Waals surface area contributed by atoms with Crippen LogP contribution in [0.25, 0.3) is 0 Å². The van der Waals surface area contributed by atoms with Crippen molar-refractivity contribution < 1.29 is 19.0 Å². The van der Waals surface area contributed by atoms with Crippen LogP contribution in [0.3, 0.4) is 0 Å². The van der Waals surface area contributed by atoms with Gasteiger partial charge in [0, 0.05) is 19.2 Å². The monoisotopic (exact) mass is 240 g/mol. The number of hydrazine groups is 1. The summed E-state index contributed by atoms with van der Waals surface area (Å²) in [5, 5.41) is 0.976. The van der Waals surface area contributed by atoms with Crippen LogP contribution in [0.2, 0.25) is 0 Å². The number of hydrogen-bond acceptors (Lipinski definition) is 5. The van der Waals surface area contributed by atoms with Crippen molar-refractivity contribution in [3.8, 4) is 17.2 Å². The van der Waals surface area contributed by atoms with Crippen molar-refractivity contribution in [3.05, 3.63) is 17.7 Å². The number of nitrogens with two attached hydrogens (primary N) is 1. The molecule has 0 aromatic heterocycles. The van der Waals surface area contributed by atoms with E-state index in [0.717, 1.165) is 5.01 Å². The van der Waals surface area contributed by atoms with E-state index in [1.807, 2.05) is 0 Å². The summed E-state index contributed by atoms with van der Waals surface area (Å²) in [6, 6.07) is 3.11. The molecule has 0 heterocycles. The SMILES string of the molecule is COc1cc(OC)c(C(=O)N(C)N)cc1OC. The molecule has 0 bridgehead atoms. The fourth-order valence-corrected chi connectivity index (χ4v) is 1.39. The van der Waals surface area contributed by atoms with Crippen molar-refractivity contribution in [2.75, 3.05) is 28.4 Å². The van der Waals surface area contributed by atoms with Crippen molar-refractivity contribution in [2.24, 2.45) is 5.84 Å². The fraction of sp³-hybridized carbons (Fsp3) is 0.364. The lowest BCUT2D eigenvalue weighted by atomic mass is 10.1. The minimum absolute atomic E-state index is 0.315. The van der Waals surface area contributed by atoms with Crippen LogP contribution in [0.4, 0.5) is 0 Å². The fourth-order valence-electron chi connectivity index (χ4n) is 1.39. The maximum absolute atomic E-state index is 11.8. The molecule has 0 saturated carbocycles. The first-order chi connectivity index (χ1) is 8.04. The maximum Gasteiger partial charge on any atom is 0.271 e. The van der Waals surface area contributed by atoms with Gasteiger partial charge in [0.25, 0.3) is 5.91 Å². The number of amides is 1. The number of benzene rings is 1. The van der Waals surface area contributed by atoms with Gasteiger partial charge in [-0.2, -0.15) is 0 Å². The molecule has 0 saturated heterocycles. The summed E-state index contributed by atoms with van der Waals surface area (Å²) in [4.78, 5) is 11.8. The van der Waals surface area contributed by atoms with E-state index in [4.69, 9.17) is 20.1 Å². The van der Waals surface area contributed by atoms with Crippen LogP contribution >= 0.6 is 0 Å². The van der Waals surface area contributed by atoms with E-state index in [9.17, 15) is 4.79 Å². The molecule has 0 radical (unpaired) electrons. The average Bonchev–Trinajstić information content (AvgIpc) is 2.35. The van der Waals surface area contributed by atoms with E-state index in [1.54, 1.807) is 6.07 Å². The number of ether oxygens (including phenoxy) is 3. The molecule has 1 rings (SSSR count). The van der Waals surface area contributed by atoms with Gasteiger partial charge in [0.2, 0.25) is 0 Å². The lowest BCUT2D eigenvalue weighted by molar-refractivity contribution is 0.0791. The van der Waals surface area contributed by atoms with Gasteiger partial charge in [-0.25, -0.2) is 5.84 Å². The number of methoxy groups -OCH3 is 3. The Labute approximate surface area is 99.8 Å². The van der Waals surface area contributed by atoms with Gasteiger partial charge < -0.3 is 14.2 Å². The van der Waals surface area contributed by atoms with Gasteiger partial charge in [0.1, 0.15) is 5.75 Å². The zero-order valence-electron chi connectivity index (χ0n) is 10.3. The molecule has 94 valence electrons. The van der Waals surface area contributed by atoms with Gasteiger partial charge in [-0.15, -0.1) is 0 Å². The summed E-state index contributed by atoms with van der Waals surface area (Å²) in [5.41, 5.74) is 0.315. The third-order valence-electron chi connectivity index (χ3n) is 2.26. The second kappa shape index (κ2) is 5.40. The second-order valence-electron chi connectivity index (χ2n) is 3.32. The van der Waals surface area contributed by atoms with E-state index >= 15 is 0 Å². The quantitative estimate of drug-likeness (QED) is 0.475. The Morgan fingerprint density at radius 2 is 1.53 bits per heavy atom. The summed E-state index contributed by atoms with van der Waals surface area (Å²) in [6.07, 6.45) is 0. The Hall–Kier alpha value is -1.95. The van der Waals surface area contributed by atoms with Crippen molar-refractivity contribution in [1.82, 2.24) is 5.01 Å². The molecule has 0 spiro atoms. The molecule has 6 nitrogen and oxygen atoms in total. The predicted octanol–water partition coefficient (Wildman–Crippen LogP) is 0.658. The third kappa shape index (κ3) is 2.59. The topological polar surface area (TPSA) is 74.0 Å². The average molecular weight is 240 g/mol. The highest BCUT2D eigenvalue weighted by atomic mass is 16.5. The minimum Gasteiger partial charge on any atom is -0.496 e. The van der Waals surface area contributed by atoms with Gasteiger partial charge in [0.05, 0.1) is 26.9 Å². The van der Waals surface area contributed by atoms with Gasteiger partial charge >= 0.3 is 0 Å². The van der Waals surface area contributed by atoms with Gasteiger partial charge in [-0.1, -0.05) is 0 Å². The van der Waals surface area contributed by atoms with Gasteiger partial charge in [0.15, 0.2) is 11.5 Å². The molecule has 1 amide bonds. The number of nitrogens with zero attached hydrogens (tertiary/aromatic N) is 1. The molecule has 0 fully saturated rings. The Morgan fingerprint density at radius 1 is 1.06 bits per heavy atom. The molecule has 0 aliphatic rings. The van der Waals surface area contributed by atoms with E-state index < -0.39 is 0 Å². The molecule has 0 aliphatic carbocycles. The number of rotatable bonds is 4. The third-order valence-corrected chi connectivity index (χ3v) is 2.26. The van der Waals surface area contributed by atoms with Crippen LogP contribution in [0.15, 0.2) is 12.1 Å². The van der Waals surface area contributed by atoms with Crippen LogP contribution in [-0.4, -0.2) is 39.3 Å². The highest BCUT2D eigenvalue weighted by Crippen LogP contribution is 2.34. The Bertz CT molecular complexity index is 418. The van der Waals surface area contributed by atoms with Crippen LogP contribution in [0.5, 0.6) is 17.2 Å². The van der Waals surface area contributed by atoms with E-state index in [2.05, 4.69) is 0 Å². The Balaban J connectivity index is 3.33. The lowest BCUT2D eigenvalue weighted by Crippen LogP contribution is -2.33. The number of carbonyl (C=O) groups is 1. The van der Waals surface area contributed by atoms with Crippen LogP contribution in [-0.2, 0) is 0 Å². The summed E-state index contributed by atoms with van der Waals surface area (Å²) >= 11 is 0. The first-order valence-corrected chi connectivity index (χ1v) is 4.87. The van der Waals surface area contributed by atoms with E-state index in [0.29, 0.717) is 22.8 Å². The normalized spacial score (nSPS) is 9.71. The molecule has 1 aromatic carbocycles. The van der Waals surface area contributed by atoms with Crippen LogP contribution < -0.4 is 20.1 Å². The molecule has 17 heavy (non-hydrogen) atoms. The molecule has 0 unspecified atom stereocenters. The van der Waals surface area contributed by atoms with Crippen molar-refractivity contribution in [2.45, 2.75) is 0 Å². The molecule has 6 heteroatoms. The Kier molecular flexibility index (Phi) is 4.17. The van der Waals surface area contributed by atoms with Crippen LogP contribution in [0.1, 0.15) is 10.4 Å². The number of hydrogen-bond donors (Lipinski definition) is 1. The molecule has 0 aliphatic heterocycles. The summed E-state index contributed by atoms with van der Waals surface area (Å²) < 4.78 is 15.3. The largest absolute Gasteiger partial charge is 0.496 e. The predicted molar refractivity (Wildman–Crippen MR) is 62.4 cm³/mol. The van der Waals surface area contributed by atoms with Gasteiger partial charge in [-0.3, -0.25) is 9.80 Å². The second-order valence-corrected chi connectivity index (χ2v) is 3.32. The number of carbonyl (C=O) groups excluding carboxylic acids is 1. The minimum atomic E-state index is -0.372. The molecule has 1 aromatic rings. The highest BCUT2D eigenvalue weighted by molar-refractivity contribution is 5.97. The van der Waals surface area contributed by atoms with E-state index in [-0.39, 0.29) is 5.91 Å². The zero-order chi connectivity index (χ0) is 13.0. The molecule has 2 N–H and O–H groups in total. The smallest absolute Gasteiger partial charge is 0.271 e. The molecular weight excluding hydrogens is 224 g/mol. The summed E-state index contributed by atoms with van der Waals surface area (Å²) in [7, 11) is 5.92. The van der Waals surface area contributed by atoms with Gasteiger partial charge in [-0.05, 0) is 0 Å².